The molecular formula is C20H34FN3O. The lowest BCUT2D eigenvalue weighted by Gasteiger charge is -2.44. The first-order valence-electron chi connectivity index (χ1n) is 10.1. The van der Waals surface area contributed by atoms with Crippen LogP contribution in [0.1, 0.15) is 58.3 Å². The second-order valence-electron chi connectivity index (χ2n) is 8.37. The van der Waals surface area contributed by atoms with Gasteiger partial charge < -0.3 is 5.32 Å². The SMILES string of the molecule is C=CC(=O)NCC1CCC(C2CCC(F)CC2)CC1N1CCC(C)N1. The van der Waals surface area contributed by atoms with Gasteiger partial charge in [0.1, 0.15) is 6.17 Å². The van der Waals surface area contributed by atoms with Crippen LogP contribution >= 0.6 is 0 Å². The van der Waals surface area contributed by atoms with Gasteiger partial charge in [0.05, 0.1) is 0 Å². The summed E-state index contributed by atoms with van der Waals surface area (Å²) in [5.41, 5.74) is 3.63. The Hall–Kier alpha value is -0.940. The van der Waals surface area contributed by atoms with Gasteiger partial charge in [0.2, 0.25) is 5.91 Å². The molecular weight excluding hydrogens is 317 g/mol. The molecule has 0 aromatic rings. The number of alkyl halides is 1. The van der Waals surface area contributed by atoms with Gasteiger partial charge in [-0.05, 0) is 82.1 Å². The van der Waals surface area contributed by atoms with Gasteiger partial charge >= 0.3 is 0 Å². The van der Waals surface area contributed by atoms with Gasteiger partial charge in [-0.2, -0.15) is 0 Å². The van der Waals surface area contributed by atoms with E-state index in [-0.39, 0.29) is 5.91 Å². The molecule has 5 heteroatoms. The Morgan fingerprint density at radius 3 is 2.56 bits per heavy atom. The lowest BCUT2D eigenvalue weighted by molar-refractivity contribution is -0.116. The van der Waals surface area contributed by atoms with Crippen LogP contribution in [0, 0.1) is 17.8 Å². The molecule has 1 amide bonds. The quantitative estimate of drug-likeness (QED) is 0.748. The van der Waals surface area contributed by atoms with E-state index < -0.39 is 6.17 Å². The van der Waals surface area contributed by atoms with Gasteiger partial charge in [-0.1, -0.05) is 6.58 Å². The Kier molecular flexibility index (Phi) is 6.50. The van der Waals surface area contributed by atoms with Crippen molar-refractivity contribution in [1.82, 2.24) is 15.8 Å². The summed E-state index contributed by atoms with van der Waals surface area (Å²) in [6.45, 7) is 7.59. The summed E-state index contributed by atoms with van der Waals surface area (Å²) in [6.07, 6.45) is 9.12. The number of halogens is 1. The third-order valence-electron chi connectivity index (χ3n) is 6.68. The smallest absolute Gasteiger partial charge is 0.243 e. The van der Waals surface area contributed by atoms with Crippen molar-refractivity contribution in [2.75, 3.05) is 13.1 Å². The first kappa shape index (κ1) is 18.8. The molecule has 0 radical (unpaired) electrons. The minimum absolute atomic E-state index is 0.0788. The van der Waals surface area contributed by atoms with E-state index in [4.69, 9.17) is 0 Å². The first-order chi connectivity index (χ1) is 12.1. The fraction of sp³-hybridized carbons (Fsp3) is 0.850. The molecule has 1 aliphatic heterocycles. The zero-order valence-electron chi connectivity index (χ0n) is 15.6. The first-order valence-corrected chi connectivity index (χ1v) is 10.1. The molecule has 0 bridgehead atoms. The molecule has 4 nitrogen and oxygen atoms in total. The van der Waals surface area contributed by atoms with Gasteiger partial charge in [0.25, 0.3) is 0 Å². The number of hydrogen-bond donors (Lipinski definition) is 2. The highest BCUT2D eigenvalue weighted by Gasteiger charge is 2.39. The monoisotopic (exact) mass is 351 g/mol. The maximum atomic E-state index is 13.5. The minimum Gasteiger partial charge on any atom is -0.352 e. The van der Waals surface area contributed by atoms with E-state index in [9.17, 15) is 9.18 Å². The van der Waals surface area contributed by atoms with Crippen LogP contribution in [0.2, 0.25) is 0 Å². The summed E-state index contributed by atoms with van der Waals surface area (Å²) >= 11 is 0. The largest absolute Gasteiger partial charge is 0.352 e. The summed E-state index contributed by atoms with van der Waals surface area (Å²) in [7, 11) is 0. The van der Waals surface area contributed by atoms with Gasteiger partial charge in [-0.25, -0.2) is 9.40 Å². The topological polar surface area (TPSA) is 44.4 Å². The van der Waals surface area contributed by atoms with E-state index in [1.165, 1.54) is 25.3 Å². The molecule has 2 aliphatic carbocycles. The second-order valence-corrected chi connectivity index (χ2v) is 8.37. The van der Waals surface area contributed by atoms with Crippen molar-refractivity contribution in [3.63, 3.8) is 0 Å². The molecule has 0 aromatic carbocycles. The predicted octanol–water partition coefficient (Wildman–Crippen LogP) is 3.20. The molecule has 2 N–H and O–H groups in total. The van der Waals surface area contributed by atoms with E-state index in [0.29, 0.717) is 29.8 Å². The van der Waals surface area contributed by atoms with E-state index in [2.05, 4.69) is 29.3 Å². The number of rotatable bonds is 5. The summed E-state index contributed by atoms with van der Waals surface area (Å²) in [5.74, 6) is 1.81. The van der Waals surface area contributed by atoms with E-state index in [1.54, 1.807) is 0 Å². The van der Waals surface area contributed by atoms with Gasteiger partial charge in [-0.3, -0.25) is 10.2 Å². The van der Waals surface area contributed by atoms with Crippen molar-refractivity contribution in [3.05, 3.63) is 12.7 Å². The van der Waals surface area contributed by atoms with Crippen molar-refractivity contribution in [3.8, 4) is 0 Å². The second kappa shape index (κ2) is 8.63. The predicted molar refractivity (Wildman–Crippen MR) is 98.6 cm³/mol. The Morgan fingerprint density at radius 2 is 1.92 bits per heavy atom. The average Bonchev–Trinajstić information content (AvgIpc) is 3.06. The highest BCUT2D eigenvalue weighted by molar-refractivity contribution is 5.86. The van der Waals surface area contributed by atoms with Crippen molar-refractivity contribution in [2.24, 2.45) is 17.8 Å². The van der Waals surface area contributed by atoms with Crippen molar-refractivity contribution >= 4 is 5.91 Å². The van der Waals surface area contributed by atoms with Crippen LogP contribution < -0.4 is 10.7 Å². The Morgan fingerprint density at radius 1 is 1.20 bits per heavy atom. The highest BCUT2D eigenvalue weighted by atomic mass is 19.1. The molecule has 3 rings (SSSR count). The fourth-order valence-corrected chi connectivity index (χ4v) is 5.15. The van der Waals surface area contributed by atoms with Crippen LogP contribution in [0.4, 0.5) is 4.39 Å². The third kappa shape index (κ3) is 4.82. The van der Waals surface area contributed by atoms with E-state index in [1.807, 2.05) is 0 Å². The maximum Gasteiger partial charge on any atom is 0.243 e. The highest BCUT2D eigenvalue weighted by Crippen LogP contribution is 2.42. The number of hydrazine groups is 1. The van der Waals surface area contributed by atoms with Gasteiger partial charge in [-0.15, -0.1) is 0 Å². The number of carbonyl (C=O) groups is 1. The molecule has 3 aliphatic rings. The molecule has 0 spiro atoms. The van der Waals surface area contributed by atoms with E-state index >= 15 is 0 Å². The molecule has 25 heavy (non-hydrogen) atoms. The molecule has 1 heterocycles. The molecule has 2 saturated carbocycles. The summed E-state index contributed by atoms with van der Waals surface area (Å²) in [4.78, 5) is 11.6. The average molecular weight is 352 g/mol. The Balaban J connectivity index is 1.62. The van der Waals surface area contributed by atoms with Crippen LogP contribution in [0.3, 0.4) is 0 Å². The summed E-state index contributed by atoms with van der Waals surface area (Å²) in [5, 5.41) is 5.44. The van der Waals surface area contributed by atoms with Gasteiger partial charge in [0.15, 0.2) is 0 Å². The molecule has 1 saturated heterocycles. The van der Waals surface area contributed by atoms with Crippen LogP contribution in [-0.4, -0.2) is 42.3 Å². The zero-order chi connectivity index (χ0) is 17.8. The Labute approximate surface area is 151 Å². The van der Waals surface area contributed by atoms with Crippen molar-refractivity contribution in [2.45, 2.75) is 76.5 Å². The number of amides is 1. The normalized spacial score (nSPS) is 39.9. The summed E-state index contributed by atoms with van der Waals surface area (Å²) < 4.78 is 13.5. The lowest BCUT2D eigenvalue weighted by atomic mass is 9.68. The van der Waals surface area contributed by atoms with Crippen LogP contribution in [0.5, 0.6) is 0 Å². The Bertz CT molecular complexity index is 464. The van der Waals surface area contributed by atoms with Crippen molar-refractivity contribution < 1.29 is 9.18 Å². The van der Waals surface area contributed by atoms with Crippen LogP contribution in [0.15, 0.2) is 12.7 Å². The fourth-order valence-electron chi connectivity index (χ4n) is 5.15. The zero-order valence-corrected chi connectivity index (χ0v) is 15.6. The number of hydrogen-bond acceptors (Lipinski definition) is 3. The third-order valence-corrected chi connectivity index (χ3v) is 6.68. The molecule has 3 fully saturated rings. The molecule has 142 valence electrons. The standard InChI is InChI=1S/C20H34FN3O/c1-3-20(25)22-13-17-5-4-16(15-6-8-18(21)9-7-15)12-19(17)24-11-10-14(2)23-24/h3,14-19,23H,1,4-13H2,2H3,(H,22,25). The number of nitrogens with one attached hydrogen (secondary N) is 2. The maximum absolute atomic E-state index is 13.5. The lowest BCUT2D eigenvalue weighted by Crippen LogP contribution is -2.52. The number of nitrogens with zero attached hydrogens (tertiary/aromatic N) is 1. The van der Waals surface area contributed by atoms with Gasteiger partial charge in [0, 0.05) is 25.2 Å². The van der Waals surface area contributed by atoms with Crippen molar-refractivity contribution in [1.29, 1.82) is 0 Å². The molecule has 0 aromatic heterocycles. The number of carbonyl (C=O) groups excluding carboxylic acids is 1. The molecule has 4 unspecified atom stereocenters. The molecule has 4 atom stereocenters. The minimum atomic E-state index is -0.571. The summed E-state index contributed by atoms with van der Waals surface area (Å²) in [6, 6.07) is 1.00. The van der Waals surface area contributed by atoms with Crippen LogP contribution in [0.25, 0.3) is 0 Å². The van der Waals surface area contributed by atoms with E-state index in [0.717, 1.165) is 45.2 Å². The van der Waals surface area contributed by atoms with Crippen LogP contribution in [-0.2, 0) is 4.79 Å².